The number of ketones is 3. The van der Waals surface area contributed by atoms with E-state index in [0.29, 0.717) is 66.8 Å². The second-order valence-electron chi connectivity index (χ2n) is 45.0. The van der Waals surface area contributed by atoms with Crippen LogP contribution in [0.25, 0.3) is 10.8 Å². The molecule has 0 aromatic heterocycles. The van der Waals surface area contributed by atoms with Crippen LogP contribution in [0.4, 0.5) is 5.69 Å². The average molecular weight is 2280 g/mol. The van der Waals surface area contributed by atoms with Crippen LogP contribution in [-0.2, 0) is 49.0 Å². The number of halogens is 2. The van der Waals surface area contributed by atoms with Crippen molar-refractivity contribution in [3.05, 3.63) is 235 Å². The van der Waals surface area contributed by atoms with E-state index in [9.17, 15) is 14.4 Å². The van der Waals surface area contributed by atoms with Crippen molar-refractivity contribution in [3.63, 3.8) is 0 Å². The molecule has 0 spiro atoms. The summed E-state index contributed by atoms with van der Waals surface area (Å²) in [5, 5.41) is 2.70. The number of benzene rings is 8. The minimum atomic E-state index is -0.0624. The van der Waals surface area contributed by atoms with Gasteiger partial charge in [0.05, 0.1) is 40.9 Å². The highest BCUT2D eigenvalue weighted by atomic mass is 127. The van der Waals surface area contributed by atoms with E-state index in [0.717, 1.165) is 87.1 Å². The standard InChI is InChI=1S/C21H28I.C18H23OS.C12H17NO.3C12H15OS.2C11H22N2.C10H20N2.C9H21N2.BrH/c1-6-16(3)17-8-12-19(13-9-17)22-20-14-10-18(11-15-20)21(4,5)7-2;1-2-3-12-19-17-10-11-18(20-13-6-7-14-20)16-9-5-4-8-15(16)17;1-14-12-7-5-11(6-8-12)13-9-3-2-4-10-13;3*13-12(10-14-8-4-5-9-14)11-6-2-1-3-7-11;2*1-12-9-5-11(6-10-12)13-7-3-2-4-8-13;1-11-8-4-10(5-9-11)12-6-2-3-7-12;1-10-7-5-9(6-8-10)11(2,3)4;/h8-16H,6-7H2,1-5H3;4-5,8-11H,2-3,6-7,12-14H2,1H3;5-8H,2-4,9-10H2,1H3;3*1-3,6-7H,4-5,8-10H2;2*11H,2-10H2,1H3;10H,2-9H2,1H3;9H,5-8H2,1-4H3;1H/q2*+1;;3*+1;;;;+1;/p-1. The van der Waals surface area contributed by atoms with E-state index in [1.165, 1.54) is 378 Å². The lowest BCUT2D eigenvalue weighted by Crippen LogP contribution is -3.61. The van der Waals surface area contributed by atoms with Crippen molar-refractivity contribution in [1.82, 2.24) is 34.3 Å². The van der Waals surface area contributed by atoms with Gasteiger partial charge in [-0.2, -0.15) is 0 Å². The van der Waals surface area contributed by atoms with Crippen LogP contribution in [0.15, 0.2) is 205 Å². The fourth-order valence-electron chi connectivity index (χ4n) is 21.9. The molecule has 0 saturated carbocycles. The summed E-state index contributed by atoms with van der Waals surface area (Å²) < 4.78 is 15.3. The minimum Gasteiger partial charge on any atom is -1.00 e. The summed E-state index contributed by atoms with van der Waals surface area (Å²) in [5.41, 5.74) is 7.18. The lowest BCUT2D eigenvalue weighted by atomic mass is 9.82. The lowest BCUT2D eigenvalue weighted by Gasteiger charge is -2.39. The Morgan fingerprint density at radius 2 is 0.736 bits per heavy atom. The molecule has 12 aliphatic heterocycles. The second kappa shape index (κ2) is 69.7. The topological polar surface area (TPSA) is 95.6 Å². The van der Waals surface area contributed by atoms with Gasteiger partial charge in [-0.25, -0.2) is 0 Å². The number of methoxy groups -OCH3 is 1. The molecule has 12 aliphatic rings. The van der Waals surface area contributed by atoms with Gasteiger partial charge in [0, 0.05) is 101 Å². The highest BCUT2D eigenvalue weighted by Crippen LogP contribution is 2.36. The Kier molecular flexibility index (Phi) is 58.6. The van der Waals surface area contributed by atoms with E-state index in [1.54, 1.807) is 12.0 Å². The Balaban J connectivity index is 0.000000169. The summed E-state index contributed by atoms with van der Waals surface area (Å²) in [6.07, 6.45) is 42.1. The maximum absolute atomic E-state index is 11.8. The van der Waals surface area contributed by atoms with Crippen molar-refractivity contribution in [2.75, 3.05) is 236 Å². The highest BCUT2D eigenvalue weighted by Gasteiger charge is 2.35. The van der Waals surface area contributed by atoms with Crippen LogP contribution < -0.4 is 52.6 Å². The number of rotatable bonds is 26. The van der Waals surface area contributed by atoms with Crippen molar-refractivity contribution >= 4 is 77.4 Å². The molecule has 1 unspecified atom stereocenters. The quantitative estimate of drug-likeness (QED) is 0.0169. The summed E-state index contributed by atoms with van der Waals surface area (Å²) in [6, 6.07) is 72.8. The Bertz CT molecular complexity index is 4660. The number of hydrogen-bond acceptors (Lipinski definition) is 13. The summed E-state index contributed by atoms with van der Waals surface area (Å²) in [4.78, 5) is 57.4. The minimum absolute atomic E-state index is 0. The molecule has 8 aromatic rings. The Morgan fingerprint density at radius 3 is 1.09 bits per heavy atom. The number of nitrogens with zero attached hydrogens (tertiary/aromatic N) is 9. The lowest BCUT2D eigenvalue weighted by molar-refractivity contribution is -0.897. The SMILES string of the molecule is CCC(C)c1ccc([I+]c2ccc(C(C)(C)CC)cc2)cc1.CCCCOc1ccc([S+]2CCCC2)c2ccccc12.CN1CCC(N2CCCC2)CC1.CN1CCC(N2CCCCC2)CC1.CN1CCC(N2CCCCC2)CC1.CN1CCC([N+](C)(C)C)CC1.COc1ccc(N2CCCCC2)cc1.O=C(C[S+]1CCCC1)c1ccccc1.O=C(C[S+]1CCCC1)c1ccccc1.O=C(C[S+]1CCCC1)c1ccccc1.[Br-]. The number of quaternary nitrogens is 1. The fraction of sp³-hybridized carbons (Fsp3) is 0.617. The third kappa shape index (κ3) is 44.8. The van der Waals surface area contributed by atoms with Gasteiger partial charge in [-0.15, -0.1) is 0 Å². The molecule has 8 aromatic carbocycles. The van der Waals surface area contributed by atoms with Gasteiger partial charge in [0.15, 0.2) is 29.3 Å². The van der Waals surface area contributed by atoms with Crippen LogP contribution in [0.3, 0.4) is 0 Å². The summed E-state index contributed by atoms with van der Waals surface area (Å²) in [5.74, 6) is 16.4. The van der Waals surface area contributed by atoms with Crippen LogP contribution in [0.2, 0.25) is 0 Å². The predicted molar refractivity (Wildman–Crippen MR) is 638 cm³/mol. The molecule has 818 valence electrons. The normalized spacial score (nSPS) is 19.9. The average Bonchev–Trinajstić information content (AvgIpc) is 1.78. The van der Waals surface area contributed by atoms with Gasteiger partial charge in [0.25, 0.3) is 0 Å². The van der Waals surface area contributed by atoms with Gasteiger partial charge >= 0.3 is 21.2 Å². The highest BCUT2D eigenvalue weighted by molar-refractivity contribution is 7.98. The first-order chi connectivity index (χ1) is 71.4. The van der Waals surface area contributed by atoms with E-state index in [4.69, 9.17) is 9.47 Å². The van der Waals surface area contributed by atoms with E-state index in [2.05, 4.69) is 227 Å². The van der Waals surface area contributed by atoms with Gasteiger partial charge in [-0.05, 0) is 396 Å². The van der Waals surface area contributed by atoms with Crippen LogP contribution in [0.1, 0.15) is 289 Å². The monoisotopic (exact) mass is 2280 g/mol. The number of carbonyl (C=O) groups excluding carboxylic acids is 3. The summed E-state index contributed by atoms with van der Waals surface area (Å²) in [7, 11) is 19.2. The van der Waals surface area contributed by atoms with E-state index in [-0.39, 0.29) is 43.6 Å². The molecule has 12 fully saturated rings. The molecule has 0 radical (unpaired) electrons. The summed E-state index contributed by atoms with van der Waals surface area (Å²) in [6.45, 7) is 35.5. The number of hydrogen-bond donors (Lipinski definition) is 0. The molecule has 0 amide bonds. The zero-order valence-corrected chi connectivity index (χ0v) is 102. The number of Topliss-reactive ketones (excluding diaryl/α,β-unsaturated/α-hetero) is 3. The molecule has 148 heavy (non-hydrogen) atoms. The Hall–Kier alpha value is -5.28. The molecule has 1 atom stereocenters. The van der Waals surface area contributed by atoms with Crippen LogP contribution >= 0.6 is 0 Å². The van der Waals surface area contributed by atoms with Crippen molar-refractivity contribution in [1.29, 1.82) is 0 Å². The van der Waals surface area contributed by atoms with Gasteiger partial charge < -0.3 is 70.1 Å². The molecule has 0 bridgehead atoms. The van der Waals surface area contributed by atoms with E-state index in [1.807, 2.05) is 103 Å². The van der Waals surface area contributed by atoms with Crippen LogP contribution in [0.5, 0.6) is 11.5 Å². The van der Waals surface area contributed by atoms with Crippen molar-refractivity contribution in [2.45, 2.75) is 281 Å². The van der Waals surface area contributed by atoms with Gasteiger partial charge in [-0.3, -0.25) is 14.4 Å². The molecule has 0 N–H and O–H groups in total. The maximum atomic E-state index is 11.8. The molecule has 20 heteroatoms. The van der Waals surface area contributed by atoms with Gasteiger partial charge in [-0.1, -0.05) is 194 Å². The van der Waals surface area contributed by atoms with Crippen LogP contribution in [0, 0.1) is 7.14 Å². The molecule has 12 saturated heterocycles. The smallest absolute Gasteiger partial charge is 0.357 e. The van der Waals surface area contributed by atoms with Crippen molar-refractivity contribution in [3.8, 4) is 11.5 Å². The number of piperidine rings is 7. The first-order valence-corrected chi connectivity index (χ1v) is 66.8. The predicted octanol–water partition coefficient (Wildman–Crippen LogP) is 19.4. The number of unbranched alkanes of at least 4 members (excludes halogenated alkanes) is 1. The third-order valence-electron chi connectivity index (χ3n) is 32.5. The first-order valence-electron chi connectivity index (χ1n) is 57.9. The number of likely N-dealkylation sites (tertiary alicyclic amines) is 7. The number of ether oxygens (including phenoxy) is 2. The molecule has 0 aliphatic carbocycles. The largest absolute Gasteiger partial charge is 1.00 e. The Morgan fingerprint density at radius 1 is 0.392 bits per heavy atom. The zero-order chi connectivity index (χ0) is 104. The van der Waals surface area contributed by atoms with E-state index >= 15 is 0 Å². The number of anilines is 1. The fourth-order valence-corrected chi connectivity index (χ4v) is 33.4. The zero-order valence-electron chi connectivity index (χ0n) is 94.6. The first kappa shape index (κ1) is 125. The number of carbonyl (C=O) groups is 3. The van der Waals surface area contributed by atoms with Crippen molar-refractivity contribution in [2.24, 2.45) is 0 Å². The van der Waals surface area contributed by atoms with Gasteiger partial charge in [0.2, 0.25) is 17.3 Å². The molecule has 20 rings (SSSR count). The number of fused-ring (bicyclic) bond motifs is 1. The van der Waals surface area contributed by atoms with Crippen LogP contribution in [-0.4, -0.2) is 311 Å². The third-order valence-corrected chi connectivity index (χ3v) is 44.9. The van der Waals surface area contributed by atoms with Crippen molar-refractivity contribution < 1.29 is 66.5 Å². The maximum Gasteiger partial charge on any atom is 0.357 e. The molecular formula is C128H198BrIN9O5S4+5. The summed E-state index contributed by atoms with van der Waals surface area (Å²) >= 11 is -0.0624. The molecular weight excluding hydrogens is 2080 g/mol. The molecule has 12 heterocycles. The second-order valence-corrected chi connectivity index (χ2v) is 57.3. The van der Waals surface area contributed by atoms with E-state index < -0.39 is 0 Å². The molecule has 14 nitrogen and oxygen atoms in total. The van der Waals surface area contributed by atoms with Gasteiger partial charge in [0.1, 0.15) is 57.5 Å². The Labute approximate surface area is 933 Å².